The predicted molar refractivity (Wildman–Crippen MR) is 68.9 cm³/mol. The Morgan fingerprint density at radius 1 is 1.28 bits per heavy atom. The van der Waals surface area contributed by atoms with E-state index in [1.54, 1.807) is 30.5 Å². The van der Waals surface area contributed by atoms with E-state index >= 15 is 0 Å². The van der Waals surface area contributed by atoms with Crippen LogP contribution in [0.2, 0.25) is 0 Å². The molecule has 0 saturated carbocycles. The van der Waals surface area contributed by atoms with E-state index in [0.717, 1.165) is 11.3 Å². The van der Waals surface area contributed by atoms with Crippen molar-refractivity contribution < 1.29 is 9.53 Å². The Hall–Kier alpha value is -2.36. The molecule has 0 aliphatic heterocycles. The number of carbonyl (C=O) groups excluding carboxylic acids is 1. The number of aromatic nitrogens is 1. The number of hydrogen-bond donors (Lipinski definition) is 1. The number of anilines is 1. The van der Waals surface area contributed by atoms with Gasteiger partial charge < -0.3 is 10.5 Å². The summed E-state index contributed by atoms with van der Waals surface area (Å²) in [5, 5.41) is 0. The fraction of sp³-hybridized carbons (Fsp3) is 0.143. The van der Waals surface area contributed by atoms with E-state index in [4.69, 9.17) is 10.5 Å². The number of rotatable bonds is 3. The first-order chi connectivity index (χ1) is 8.66. The minimum Gasteiger partial charge on any atom is -0.456 e. The normalized spacial score (nSPS) is 10.1. The highest BCUT2D eigenvalue weighted by Gasteiger charge is 2.08. The molecular formula is C14H14N2O2. The number of carbonyl (C=O) groups is 1. The van der Waals surface area contributed by atoms with Crippen LogP contribution >= 0.6 is 0 Å². The molecule has 4 heteroatoms. The van der Waals surface area contributed by atoms with Crippen molar-refractivity contribution in [2.45, 2.75) is 13.5 Å². The average molecular weight is 242 g/mol. The van der Waals surface area contributed by atoms with Gasteiger partial charge in [-0.3, -0.25) is 4.98 Å². The highest BCUT2D eigenvalue weighted by Crippen LogP contribution is 2.09. The van der Waals surface area contributed by atoms with Crippen molar-refractivity contribution in [2.24, 2.45) is 0 Å². The van der Waals surface area contributed by atoms with Crippen molar-refractivity contribution >= 4 is 11.7 Å². The first kappa shape index (κ1) is 12.1. The molecule has 1 aromatic heterocycles. The monoisotopic (exact) mass is 242 g/mol. The molecule has 0 aliphatic rings. The lowest BCUT2D eigenvalue weighted by atomic mass is 10.2. The zero-order valence-corrected chi connectivity index (χ0v) is 10.1. The third kappa shape index (κ3) is 2.85. The van der Waals surface area contributed by atoms with Crippen molar-refractivity contribution in [1.29, 1.82) is 0 Å². The lowest BCUT2D eigenvalue weighted by Gasteiger charge is -2.06. The Balaban J connectivity index is 2.01. The molecule has 0 spiro atoms. The van der Waals surface area contributed by atoms with Gasteiger partial charge >= 0.3 is 5.97 Å². The topological polar surface area (TPSA) is 65.2 Å². The summed E-state index contributed by atoms with van der Waals surface area (Å²) in [4.78, 5) is 15.9. The molecule has 0 atom stereocenters. The van der Waals surface area contributed by atoms with Crippen LogP contribution in [0.25, 0.3) is 0 Å². The summed E-state index contributed by atoms with van der Waals surface area (Å²) in [5.41, 5.74) is 8.42. The van der Waals surface area contributed by atoms with E-state index in [1.165, 1.54) is 0 Å². The Morgan fingerprint density at radius 2 is 2.00 bits per heavy atom. The Labute approximate surface area is 105 Å². The maximum Gasteiger partial charge on any atom is 0.338 e. The number of benzene rings is 1. The molecule has 1 aromatic carbocycles. The van der Waals surface area contributed by atoms with E-state index in [1.807, 2.05) is 19.1 Å². The summed E-state index contributed by atoms with van der Waals surface area (Å²) in [6.45, 7) is 2.11. The van der Waals surface area contributed by atoms with Gasteiger partial charge in [-0.05, 0) is 42.8 Å². The Bertz CT molecular complexity index is 550. The number of esters is 1. The lowest BCUT2D eigenvalue weighted by molar-refractivity contribution is 0.0467. The van der Waals surface area contributed by atoms with Gasteiger partial charge in [0.05, 0.1) is 11.3 Å². The van der Waals surface area contributed by atoms with Crippen LogP contribution in [0.5, 0.6) is 0 Å². The minimum atomic E-state index is -0.375. The van der Waals surface area contributed by atoms with E-state index < -0.39 is 0 Å². The number of nitrogens with two attached hydrogens (primary N) is 1. The van der Waals surface area contributed by atoms with Gasteiger partial charge in [0.1, 0.15) is 6.61 Å². The molecule has 0 fully saturated rings. The fourth-order valence-corrected chi connectivity index (χ4v) is 1.51. The quantitative estimate of drug-likeness (QED) is 0.662. The van der Waals surface area contributed by atoms with Crippen LogP contribution < -0.4 is 5.73 Å². The van der Waals surface area contributed by atoms with Crippen LogP contribution in [0.1, 0.15) is 21.6 Å². The summed E-state index contributed by atoms with van der Waals surface area (Å²) in [7, 11) is 0. The fourth-order valence-electron chi connectivity index (χ4n) is 1.51. The smallest absolute Gasteiger partial charge is 0.338 e. The minimum absolute atomic E-state index is 0.176. The van der Waals surface area contributed by atoms with Crippen molar-refractivity contribution in [3.63, 3.8) is 0 Å². The summed E-state index contributed by atoms with van der Waals surface area (Å²) < 4.78 is 5.19. The van der Waals surface area contributed by atoms with Crippen LogP contribution in [-0.4, -0.2) is 11.0 Å². The SMILES string of the molecule is Cc1cccnc1COC(=O)c1ccc(N)cc1. The molecule has 0 amide bonds. The number of nitrogens with zero attached hydrogens (tertiary/aromatic N) is 1. The number of aryl methyl sites for hydroxylation is 1. The van der Waals surface area contributed by atoms with E-state index in [9.17, 15) is 4.79 Å². The number of nitrogen functional groups attached to an aromatic ring is 1. The van der Waals surface area contributed by atoms with E-state index in [-0.39, 0.29) is 12.6 Å². The van der Waals surface area contributed by atoms with Gasteiger partial charge in [-0.2, -0.15) is 0 Å². The third-order valence-electron chi connectivity index (χ3n) is 2.60. The van der Waals surface area contributed by atoms with Gasteiger partial charge in [0.25, 0.3) is 0 Å². The Kier molecular flexibility index (Phi) is 3.57. The highest BCUT2D eigenvalue weighted by atomic mass is 16.5. The van der Waals surface area contributed by atoms with Crippen LogP contribution in [0, 0.1) is 6.92 Å². The van der Waals surface area contributed by atoms with Crippen LogP contribution in [0.4, 0.5) is 5.69 Å². The molecule has 0 radical (unpaired) electrons. The highest BCUT2D eigenvalue weighted by molar-refractivity contribution is 5.89. The van der Waals surface area contributed by atoms with Gasteiger partial charge in [0.2, 0.25) is 0 Å². The second-order valence-corrected chi connectivity index (χ2v) is 3.97. The molecular weight excluding hydrogens is 228 g/mol. The Morgan fingerprint density at radius 3 is 2.67 bits per heavy atom. The molecule has 2 aromatic rings. The molecule has 0 aliphatic carbocycles. The van der Waals surface area contributed by atoms with Crippen molar-refractivity contribution in [3.8, 4) is 0 Å². The molecule has 4 nitrogen and oxygen atoms in total. The lowest BCUT2D eigenvalue weighted by Crippen LogP contribution is -2.07. The summed E-state index contributed by atoms with van der Waals surface area (Å²) in [6, 6.07) is 10.4. The maximum atomic E-state index is 11.7. The van der Waals surface area contributed by atoms with Gasteiger partial charge in [0, 0.05) is 11.9 Å². The zero-order valence-electron chi connectivity index (χ0n) is 10.1. The van der Waals surface area contributed by atoms with Crippen molar-refractivity contribution in [3.05, 3.63) is 59.4 Å². The number of hydrogen-bond acceptors (Lipinski definition) is 4. The molecule has 0 saturated heterocycles. The maximum absolute atomic E-state index is 11.7. The van der Waals surface area contributed by atoms with E-state index in [2.05, 4.69) is 4.98 Å². The first-order valence-electron chi connectivity index (χ1n) is 5.60. The second kappa shape index (κ2) is 5.31. The molecule has 1 heterocycles. The molecule has 92 valence electrons. The van der Waals surface area contributed by atoms with Gasteiger partial charge in [-0.1, -0.05) is 6.07 Å². The summed E-state index contributed by atoms with van der Waals surface area (Å²) >= 11 is 0. The molecule has 2 rings (SSSR count). The summed E-state index contributed by atoms with van der Waals surface area (Å²) in [5.74, 6) is -0.375. The molecule has 0 bridgehead atoms. The van der Waals surface area contributed by atoms with Crippen molar-refractivity contribution in [2.75, 3.05) is 5.73 Å². The van der Waals surface area contributed by atoms with Crippen molar-refractivity contribution in [1.82, 2.24) is 4.98 Å². The third-order valence-corrected chi connectivity index (χ3v) is 2.60. The predicted octanol–water partition coefficient (Wildman–Crippen LogP) is 2.33. The van der Waals surface area contributed by atoms with Crippen LogP contribution in [0.15, 0.2) is 42.6 Å². The van der Waals surface area contributed by atoms with Crippen LogP contribution in [0.3, 0.4) is 0 Å². The number of pyridine rings is 1. The zero-order chi connectivity index (χ0) is 13.0. The average Bonchev–Trinajstić information content (AvgIpc) is 2.38. The molecule has 2 N–H and O–H groups in total. The molecule has 18 heavy (non-hydrogen) atoms. The first-order valence-corrected chi connectivity index (χ1v) is 5.60. The largest absolute Gasteiger partial charge is 0.456 e. The van der Waals surface area contributed by atoms with Gasteiger partial charge in [-0.25, -0.2) is 4.79 Å². The van der Waals surface area contributed by atoms with E-state index in [0.29, 0.717) is 11.3 Å². The van der Waals surface area contributed by atoms with Crippen LogP contribution in [-0.2, 0) is 11.3 Å². The number of ether oxygens (including phenoxy) is 1. The van der Waals surface area contributed by atoms with Gasteiger partial charge in [-0.15, -0.1) is 0 Å². The second-order valence-electron chi connectivity index (χ2n) is 3.97. The molecule has 0 unspecified atom stereocenters. The van der Waals surface area contributed by atoms with Gasteiger partial charge in [0.15, 0.2) is 0 Å². The summed E-state index contributed by atoms with van der Waals surface area (Å²) in [6.07, 6.45) is 1.68. The standard InChI is InChI=1S/C14H14N2O2/c1-10-3-2-8-16-13(10)9-18-14(17)11-4-6-12(15)7-5-11/h2-8H,9,15H2,1H3.